The Morgan fingerprint density at radius 3 is 2.50 bits per heavy atom. The van der Waals surface area contributed by atoms with Gasteiger partial charge in [0.15, 0.2) is 0 Å². The van der Waals surface area contributed by atoms with Gasteiger partial charge in [-0.15, -0.1) is 0 Å². The molecule has 0 aliphatic carbocycles. The standard InChI is InChI=1S/C25H25N5O2/c1-18-9-11-20(12-10-18)27-24(31)19(17-26)16-21-23(29-13-5-2-3-6-14-29)28-22-8-4-7-15-30(22)25(21)32/h4,7-12,15-16H,2-3,5-6,13-14H2,1H3,(H,27,31)/b19-16+. The summed E-state index contributed by atoms with van der Waals surface area (Å²) in [6.07, 6.45) is 7.31. The summed E-state index contributed by atoms with van der Waals surface area (Å²) in [5.41, 5.74) is 2.00. The quantitative estimate of drug-likeness (QED) is 0.503. The van der Waals surface area contributed by atoms with Crippen molar-refractivity contribution in [3.63, 3.8) is 0 Å². The summed E-state index contributed by atoms with van der Waals surface area (Å²) in [6, 6.07) is 14.6. The zero-order chi connectivity index (χ0) is 22.5. The fourth-order valence-electron chi connectivity index (χ4n) is 3.87. The van der Waals surface area contributed by atoms with Gasteiger partial charge < -0.3 is 10.2 Å². The minimum atomic E-state index is -0.560. The molecule has 1 amide bonds. The monoisotopic (exact) mass is 427 g/mol. The number of fused-ring (bicyclic) bond motifs is 1. The van der Waals surface area contributed by atoms with E-state index in [1.807, 2.05) is 31.2 Å². The number of amides is 1. The molecule has 2 aromatic heterocycles. The van der Waals surface area contributed by atoms with E-state index in [4.69, 9.17) is 4.98 Å². The normalized spacial score (nSPS) is 14.6. The summed E-state index contributed by atoms with van der Waals surface area (Å²) in [4.78, 5) is 33.0. The molecule has 1 aliphatic rings. The lowest BCUT2D eigenvalue weighted by Crippen LogP contribution is -2.30. The molecule has 1 saturated heterocycles. The lowest BCUT2D eigenvalue weighted by molar-refractivity contribution is -0.112. The Morgan fingerprint density at radius 1 is 1.09 bits per heavy atom. The van der Waals surface area contributed by atoms with Gasteiger partial charge in [-0.3, -0.25) is 14.0 Å². The van der Waals surface area contributed by atoms with Crippen LogP contribution in [0.1, 0.15) is 36.8 Å². The molecule has 7 heteroatoms. The van der Waals surface area contributed by atoms with Gasteiger partial charge in [-0.05, 0) is 50.1 Å². The third kappa shape index (κ3) is 4.54. The summed E-state index contributed by atoms with van der Waals surface area (Å²) in [6.45, 7) is 3.53. The highest BCUT2D eigenvalue weighted by atomic mass is 16.1. The average molecular weight is 428 g/mol. The fourth-order valence-corrected chi connectivity index (χ4v) is 3.87. The number of carbonyl (C=O) groups is 1. The second-order valence-electron chi connectivity index (χ2n) is 7.97. The van der Waals surface area contributed by atoms with Crippen LogP contribution in [0.3, 0.4) is 0 Å². The van der Waals surface area contributed by atoms with Gasteiger partial charge in [-0.25, -0.2) is 4.98 Å². The first-order chi connectivity index (χ1) is 15.6. The van der Waals surface area contributed by atoms with Gasteiger partial charge in [0, 0.05) is 25.0 Å². The lowest BCUT2D eigenvalue weighted by atomic mass is 10.1. The van der Waals surface area contributed by atoms with E-state index in [-0.39, 0.29) is 16.7 Å². The molecule has 32 heavy (non-hydrogen) atoms. The van der Waals surface area contributed by atoms with Crippen LogP contribution < -0.4 is 15.8 Å². The number of nitrogens with zero attached hydrogens (tertiary/aromatic N) is 4. The molecule has 162 valence electrons. The van der Waals surface area contributed by atoms with Gasteiger partial charge in [0.25, 0.3) is 11.5 Å². The number of hydrogen-bond donors (Lipinski definition) is 1. The first-order valence-electron chi connectivity index (χ1n) is 10.8. The maximum absolute atomic E-state index is 13.4. The largest absolute Gasteiger partial charge is 0.356 e. The maximum atomic E-state index is 13.4. The van der Waals surface area contributed by atoms with E-state index >= 15 is 0 Å². The first-order valence-corrected chi connectivity index (χ1v) is 10.8. The van der Waals surface area contributed by atoms with Crippen molar-refractivity contribution >= 4 is 29.1 Å². The zero-order valence-electron chi connectivity index (χ0n) is 18.0. The predicted octanol–water partition coefficient (Wildman–Crippen LogP) is 3.93. The van der Waals surface area contributed by atoms with Gasteiger partial charge >= 0.3 is 0 Å². The third-order valence-corrected chi connectivity index (χ3v) is 5.62. The number of rotatable bonds is 4. The molecule has 3 aromatic rings. The van der Waals surface area contributed by atoms with E-state index in [0.717, 1.165) is 44.3 Å². The number of benzene rings is 1. The van der Waals surface area contributed by atoms with Gasteiger partial charge in [0.05, 0.1) is 5.56 Å². The van der Waals surface area contributed by atoms with E-state index in [1.54, 1.807) is 30.5 Å². The molecule has 0 radical (unpaired) electrons. The number of anilines is 2. The fraction of sp³-hybridized carbons (Fsp3) is 0.280. The maximum Gasteiger partial charge on any atom is 0.267 e. The molecule has 1 aromatic carbocycles. The molecule has 1 aliphatic heterocycles. The second-order valence-corrected chi connectivity index (χ2v) is 7.97. The van der Waals surface area contributed by atoms with Crippen molar-refractivity contribution in [2.75, 3.05) is 23.3 Å². The molecule has 7 nitrogen and oxygen atoms in total. The summed E-state index contributed by atoms with van der Waals surface area (Å²) in [5.74, 6) is -0.0327. The highest BCUT2D eigenvalue weighted by molar-refractivity contribution is 6.10. The molecular weight excluding hydrogens is 402 g/mol. The third-order valence-electron chi connectivity index (χ3n) is 5.62. The topological polar surface area (TPSA) is 90.5 Å². The molecule has 3 heterocycles. The van der Waals surface area contributed by atoms with E-state index < -0.39 is 5.91 Å². The number of carbonyl (C=O) groups excluding carboxylic acids is 1. The summed E-state index contributed by atoms with van der Waals surface area (Å²) < 4.78 is 1.44. The summed E-state index contributed by atoms with van der Waals surface area (Å²) in [7, 11) is 0. The van der Waals surface area contributed by atoms with E-state index in [9.17, 15) is 14.9 Å². The van der Waals surface area contributed by atoms with E-state index in [0.29, 0.717) is 17.2 Å². The molecular formula is C25H25N5O2. The lowest BCUT2D eigenvalue weighted by Gasteiger charge is -2.23. The van der Waals surface area contributed by atoms with Crippen molar-refractivity contribution in [1.82, 2.24) is 9.38 Å². The number of pyridine rings is 1. The second kappa shape index (κ2) is 9.48. The average Bonchev–Trinajstić information content (AvgIpc) is 3.09. The summed E-state index contributed by atoms with van der Waals surface area (Å²) >= 11 is 0. The van der Waals surface area contributed by atoms with Crippen LogP contribution in [0.2, 0.25) is 0 Å². The van der Waals surface area contributed by atoms with Crippen LogP contribution in [-0.2, 0) is 4.79 Å². The highest BCUT2D eigenvalue weighted by Crippen LogP contribution is 2.23. The number of nitriles is 1. The SMILES string of the molecule is Cc1ccc(NC(=O)/C(C#N)=C/c2c(N3CCCCCC3)nc3ccccn3c2=O)cc1. The Bertz CT molecular complexity index is 1260. The van der Waals surface area contributed by atoms with Crippen LogP contribution in [0.15, 0.2) is 59.0 Å². The van der Waals surface area contributed by atoms with Crippen LogP contribution in [0.5, 0.6) is 0 Å². The molecule has 4 rings (SSSR count). The number of nitrogens with one attached hydrogen (secondary N) is 1. The summed E-state index contributed by atoms with van der Waals surface area (Å²) in [5, 5.41) is 12.4. The number of aromatic nitrogens is 2. The van der Waals surface area contributed by atoms with Crippen LogP contribution in [0.4, 0.5) is 11.5 Å². The van der Waals surface area contributed by atoms with Crippen LogP contribution in [-0.4, -0.2) is 28.4 Å². The Hall–Kier alpha value is -3.92. The van der Waals surface area contributed by atoms with Gasteiger partial charge in [-0.2, -0.15) is 5.26 Å². The van der Waals surface area contributed by atoms with Gasteiger partial charge in [0.2, 0.25) is 0 Å². The number of aryl methyl sites for hydroxylation is 1. The molecule has 1 N–H and O–H groups in total. The van der Waals surface area contributed by atoms with Crippen molar-refractivity contribution in [2.24, 2.45) is 0 Å². The Labute approximate surface area is 186 Å². The minimum absolute atomic E-state index is 0.142. The Morgan fingerprint density at radius 2 is 1.81 bits per heavy atom. The van der Waals surface area contributed by atoms with Crippen molar-refractivity contribution < 1.29 is 4.79 Å². The van der Waals surface area contributed by atoms with Crippen LogP contribution in [0, 0.1) is 18.3 Å². The molecule has 0 atom stereocenters. The molecule has 0 unspecified atom stereocenters. The van der Waals surface area contributed by atoms with Crippen molar-refractivity contribution in [1.29, 1.82) is 5.26 Å². The van der Waals surface area contributed by atoms with Crippen molar-refractivity contribution in [3.8, 4) is 6.07 Å². The van der Waals surface area contributed by atoms with Crippen LogP contribution >= 0.6 is 0 Å². The Kier molecular flexibility index (Phi) is 6.31. The highest BCUT2D eigenvalue weighted by Gasteiger charge is 2.20. The first kappa shape index (κ1) is 21.3. The van der Waals surface area contributed by atoms with E-state index in [1.165, 1.54) is 10.5 Å². The van der Waals surface area contributed by atoms with Crippen molar-refractivity contribution in [3.05, 3.63) is 75.7 Å². The molecule has 0 saturated carbocycles. The van der Waals surface area contributed by atoms with Crippen LogP contribution in [0.25, 0.3) is 11.7 Å². The number of hydrogen-bond acceptors (Lipinski definition) is 5. The molecule has 0 spiro atoms. The van der Waals surface area contributed by atoms with E-state index in [2.05, 4.69) is 10.2 Å². The Balaban J connectivity index is 1.79. The zero-order valence-corrected chi connectivity index (χ0v) is 18.0. The molecule has 0 bridgehead atoms. The molecule has 1 fully saturated rings. The predicted molar refractivity (Wildman–Crippen MR) is 126 cm³/mol. The minimum Gasteiger partial charge on any atom is -0.356 e. The smallest absolute Gasteiger partial charge is 0.267 e. The van der Waals surface area contributed by atoms with Gasteiger partial charge in [-0.1, -0.05) is 36.6 Å². The van der Waals surface area contributed by atoms with Gasteiger partial charge in [0.1, 0.15) is 23.1 Å². The van der Waals surface area contributed by atoms with Crippen molar-refractivity contribution in [2.45, 2.75) is 32.6 Å².